The zero-order valence-corrected chi connectivity index (χ0v) is 35.1. The molecule has 13 nitrogen and oxygen atoms in total. The van der Waals surface area contributed by atoms with E-state index in [4.69, 9.17) is 23.7 Å². The number of nitrogens with zero attached hydrogens (tertiary/aromatic N) is 1. The number of aliphatic hydroxyl groups excluding tert-OH is 2. The molecule has 1 amide bonds. The number of ketones is 2. The molecule has 2 bridgehead atoms. The van der Waals surface area contributed by atoms with Gasteiger partial charge in [-0.05, 0) is 100 Å². The Balaban J connectivity index is 1.76. The number of hydrogen-bond acceptors (Lipinski definition) is 12. The maximum atomic E-state index is 14.3. The molecule has 0 aromatic heterocycles. The second-order valence-electron chi connectivity index (χ2n) is 17.1. The van der Waals surface area contributed by atoms with Gasteiger partial charge >= 0.3 is 5.97 Å². The molecular weight excluding hydrogens is 722 g/mol. The van der Waals surface area contributed by atoms with Gasteiger partial charge in [0.15, 0.2) is 5.78 Å². The summed E-state index contributed by atoms with van der Waals surface area (Å²) in [5.74, 6) is -7.11. The molecule has 1 saturated carbocycles. The lowest BCUT2D eigenvalue weighted by molar-refractivity contribution is -0.302. The number of rotatable bonds is 6. The van der Waals surface area contributed by atoms with Crippen molar-refractivity contribution in [1.82, 2.24) is 4.90 Å². The minimum atomic E-state index is -2.50. The number of Topliss-reactive ketones (excluding diaryl/α,β-unsaturated/α-hetero) is 2. The molecule has 14 atom stereocenters. The number of piperidine rings is 1. The van der Waals surface area contributed by atoms with Crippen molar-refractivity contribution in [2.24, 2.45) is 29.6 Å². The summed E-state index contributed by atoms with van der Waals surface area (Å²) >= 11 is 0. The summed E-state index contributed by atoms with van der Waals surface area (Å²) in [6.45, 7) is 11.3. The average Bonchev–Trinajstić information content (AvgIpc) is 3.18. The topological polar surface area (TPSA) is 178 Å². The molecule has 0 radical (unpaired) electrons. The van der Waals surface area contributed by atoms with E-state index in [9.17, 15) is 34.5 Å². The van der Waals surface area contributed by atoms with Crippen LogP contribution in [0.3, 0.4) is 0 Å². The van der Waals surface area contributed by atoms with E-state index >= 15 is 0 Å². The fourth-order valence-electron chi connectivity index (χ4n) is 9.42. The van der Waals surface area contributed by atoms with Crippen molar-refractivity contribution in [3.05, 3.63) is 23.3 Å². The van der Waals surface area contributed by atoms with Crippen molar-refractivity contribution in [3.63, 3.8) is 0 Å². The van der Waals surface area contributed by atoms with Crippen LogP contribution in [-0.2, 0) is 42.9 Å². The number of carbonyl (C=O) groups excluding carboxylic acids is 4. The van der Waals surface area contributed by atoms with Crippen LogP contribution in [-0.4, -0.2) is 126 Å². The highest BCUT2D eigenvalue weighted by Gasteiger charge is 2.56. The van der Waals surface area contributed by atoms with Crippen LogP contribution in [0.25, 0.3) is 0 Å². The molecule has 3 aliphatic heterocycles. The Morgan fingerprint density at radius 1 is 0.893 bits per heavy atom. The molecular formula is C43H69NO12. The number of allylic oxidation sites excluding steroid dienone is 3. The standard InChI is InChI=1S/C43H69NO12/c1-10-30-18-24(2)17-25(3)19-36(53-8)39-37(54-9)21-27(5)43(51,56-39)40(48)41(49)44-16-12-11-13-31(44)42(50)55-38(28(6)33(46)23-34(30)47)26(4)20-29-14-15-32(45)35(22-29)52-7/h18,20,24-25,27-29,31-33,35-39,45-46,51H,10-17,19,21-23H2,1-9H3/t24?,25-,27-,28-,29+,31?,32-,33+,35-,36+,37+,38-,39-,43-/m1/s1. The molecule has 0 aromatic rings. The lowest BCUT2D eigenvalue weighted by atomic mass is 9.81. The van der Waals surface area contributed by atoms with Gasteiger partial charge in [-0.15, -0.1) is 0 Å². The number of carbonyl (C=O) groups is 4. The minimum absolute atomic E-state index is 0.000447. The number of hydrogen-bond donors (Lipinski definition) is 3. The van der Waals surface area contributed by atoms with Crippen LogP contribution in [0, 0.1) is 29.6 Å². The Bertz CT molecular complexity index is 1430. The molecule has 2 saturated heterocycles. The highest BCUT2D eigenvalue weighted by atomic mass is 16.7. The van der Waals surface area contributed by atoms with Gasteiger partial charge in [0.1, 0.15) is 18.2 Å². The second kappa shape index (κ2) is 20.4. The molecule has 0 aromatic carbocycles. The maximum absolute atomic E-state index is 14.3. The van der Waals surface area contributed by atoms with Crippen LogP contribution in [0.1, 0.15) is 112 Å². The summed E-state index contributed by atoms with van der Waals surface area (Å²) in [5, 5.41) is 34.1. The van der Waals surface area contributed by atoms with Gasteiger partial charge < -0.3 is 43.9 Å². The first-order valence-corrected chi connectivity index (χ1v) is 20.8. The first kappa shape index (κ1) is 46.2. The summed E-state index contributed by atoms with van der Waals surface area (Å²) in [6.07, 6.45) is 3.70. The van der Waals surface area contributed by atoms with E-state index in [1.54, 1.807) is 21.0 Å². The molecule has 2 unspecified atom stereocenters. The zero-order chi connectivity index (χ0) is 41.5. The van der Waals surface area contributed by atoms with E-state index in [1.807, 2.05) is 32.9 Å². The van der Waals surface area contributed by atoms with Crippen molar-refractivity contribution < 1.29 is 58.2 Å². The number of amides is 1. The first-order valence-electron chi connectivity index (χ1n) is 20.8. The smallest absolute Gasteiger partial charge is 0.329 e. The molecule has 4 aliphatic rings. The first-order chi connectivity index (χ1) is 26.5. The molecule has 3 heterocycles. The van der Waals surface area contributed by atoms with Crippen LogP contribution in [0.2, 0.25) is 0 Å². The predicted octanol–water partition coefficient (Wildman–Crippen LogP) is 4.47. The van der Waals surface area contributed by atoms with E-state index in [1.165, 1.54) is 19.1 Å². The van der Waals surface area contributed by atoms with E-state index in [0.29, 0.717) is 62.5 Å². The SMILES string of the molecule is CCC1=CC(C)C[C@@H](C)C[C@H](OC)[C@H]2O[C@@](O)(C(=O)C(=O)N3CCCCC3C(=O)O[C@H](C(C)=C[C@@H]3CC[C@@H](O)[C@H](OC)C3)[C@H](C)[C@@H](O)CC1=O)[C@H](C)C[C@@H]2OC. The molecule has 3 N–H and O–H groups in total. The molecule has 318 valence electrons. The van der Waals surface area contributed by atoms with Crippen molar-refractivity contribution in [2.75, 3.05) is 27.9 Å². The van der Waals surface area contributed by atoms with E-state index in [2.05, 4.69) is 6.92 Å². The molecule has 0 spiro atoms. The normalized spacial score (nSPS) is 40.6. The van der Waals surface area contributed by atoms with Gasteiger partial charge in [-0.2, -0.15) is 0 Å². The highest BCUT2D eigenvalue weighted by molar-refractivity contribution is 6.39. The second-order valence-corrected chi connectivity index (χ2v) is 17.1. The Labute approximate surface area is 333 Å². The number of ether oxygens (including phenoxy) is 5. The van der Waals surface area contributed by atoms with Crippen LogP contribution < -0.4 is 0 Å². The monoisotopic (exact) mass is 791 g/mol. The molecule has 13 heteroatoms. The predicted molar refractivity (Wildman–Crippen MR) is 208 cm³/mol. The Kier molecular flexibility index (Phi) is 16.9. The molecule has 4 rings (SSSR count). The highest BCUT2D eigenvalue weighted by Crippen LogP contribution is 2.39. The number of methoxy groups -OCH3 is 3. The van der Waals surface area contributed by atoms with Crippen LogP contribution in [0.4, 0.5) is 0 Å². The third-order valence-electron chi connectivity index (χ3n) is 12.9. The van der Waals surface area contributed by atoms with Crippen molar-refractivity contribution >= 4 is 23.4 Å². The lowest BCUT2D eigenvalue weighted by Crippen LogP contribution is -2.64. The van der Waals surface area contributed by atoms with E-state index < -0.39 is 77.9 Å². The van der Waals surface area contributed by atoms with Gasteiger partial charge in [-0.25, -0.2) is 4.79 Å². The van der Waals surface area contributed by atoms with Crippen molar-refractivity contribution in [1.29, 1.82) is 0 Å². The summed E-state index contributed by atoms with van der Waals surface area (Å²) < 4.78 is 29.7. The third-order valence-corrected chi connectivity index (χ3v) is 12.9. The largest absolute Gasteiger partial charge is 0.456 e. The summed E-state index contributed by atoms with van der Waals surface area (Å²) in [5.41, 5.74) is 1.28. The lowest BCUT2D eigenvalue weighted by Gasteiger charge is -2.47. The molecule has 1 aliphatic carbocycles. The molecule has 56 heavy (non-hydrogen) atoms. The maximum Gasteiger partial charge on any atom is 0.329 e. The number of cyclic esters (lactones) is 1. The third kappa shape index (κ3) is 10.7. The van der Waals surface area contributed by atoms with Gasteiger partial charge in [0.05, 0.1) is 30.5 Å². The van der Waals surface area contributed by atoms with Gasteiger partial charge in [0.25, 0.3) is 11.7 Å². The van der Waals surface area contributed by atoms with Crippen LogP contribution in [0.15, 0.2) is 23.3 Å². The van der Waals surface area contributed by atoms with Gasteiger partial charge in [-0.1, -0.05) is 46.8 Å². The van der Waals surface area contributed by atoms with Crippen molar-refractivity contribution in [2.45, 2.75) is 167 Å². The molecule has 3 fully saturated rings. The fourth-order valence-corrected chi connectivity index (χ4v) is 9.42. The van der Waals surface area contributed by atoms with Gasteiger partial charge in [-0.3, -0.25) is 14.4 Å². The zero-order valence-electron chi connectivity index (χ0n) is 35.1. The van der Waals surface area contributed by atoms with E-state index in [0.717, 1.165) is 0 Å². The Morgan fingerprint density at radius 3 is 2.20 bits per heavy atom. The van der Waals surface area contributed by atoms with E-state index in [-0.39, 0.29) is 55.4 Å². The number of aliphatic hydroxyl groups is 3. The number of fused-ring (bicyclic) bond motifs is 3. The van der Waals surface area contributed by atoms with Crippen molar-refractivity contribution in [3.8, 4) is 0 Å². The summed E-state index contributed by atoms with van der Waals surface area (Å²) in [6, 6.07) is -1.13. The fraction of sp³-hybridized carbons (Fsp3) is 0.814. The summed E-state index contributed by atoms with van der Waals surface area (Å²) in [4.78, 5) is 57.6. The quantitative estimate of drug-likeness (QED) is 0.196. The van der Waals surface area contributed by atoms with Crippen LogP contribution >= 0.6 is 0 Å². The van der Waals surface area contributed by atoms with Crippen LogP contribution in [0.5, 0.6) is 0 Å². The summed E-state index contributed by atoms with van der Waals surface area (Å²) in [7, 11) is 4.63. The Hall–Kier alpha value is -2.52. The van der Waals surface area contributed by atoms with Gasteiger partial charge in [0.2, 0.25) is 5.79 Å². The average molecular weight is 792 g/mol. The number of esters is 1. The van der Waals surface area contributed by atoms with Gasteiger partial charge in [0, 0.05) is 46.1 Å². The minimum Gasteiger partial charge on any atom is -0.456 e. The Morgan fingerprint density at radius 2 is 1.55 bits per heavy atom.